The van der Waals surface area contributed by atoms with Gasteiger partial charge in [-0.1, -0.05) is 242 Å². The van der Waals surface area contributed by atoms with Crippen LogP contribution in [-0.2, 0) is 14.3 Å². The molecule has 0 aromatic heterocycles. The van der Waals surface area contributed by atoms with Gasteiger partial charge in [-0.3, -0.25) is 9.59 Å². The Hall–Kier alpha value is -2.44. The molecule has 0 spiro atoms. The number of esters is 1. The van der Waals surface area contributed by atoms with E-state index in [1.807, 2.05) is 6.08 Å². The van der Waals surface area contributed by atoms with Crippen molar-refractivity contribution in [2.24, 2.45) is 0 Å². The molecule has 0 aromatic rings. The van der Waals surface area contributed by atoms with E-state index in [0.717, 1.165) is 89.9 Å². The third kappa shape index (κ3) is 52.8. The molecule has 0 bridgehead atoms. The first-order valence-electron chi connectivity index (χ1n) is 29.1. The van der Waals surface area contributed by atoms with E-state index < -0.39 is 12.1 Å². The van der Waals surface area contributed by atoms with Crippen molar-refractivity contribution < 1.29 is 24.5 Å². The number of allylic oxidation sites excluding steroid dienone is 9. The van der Waals surface area contributed by atoms with E-state index in [1.165, 1.54) is 173 Å². The molecule has 0 aliphatic rings. The van der Waals surface area contributed by atoms with Gasteiger partial charge in [0.15, 0.2) is 0 Å². The fraction of sp³-hybridized carbons (Fsp3) is 0.803. The van der Waals surface area contributed by atoms with Gasteiger partial charge in [0, 0.05) is 12.8 Å². The molecule has 0 rings (SSSR count). The van der Waals surface area contributed by atoms with Crippen molar-refractivity contribution in [3.8, 4) is 0 Å². The summed E-state index contributed by atoms with van der Waals surface area (Å²) in [5, 5.41) is 23.1. The quantitative estimate of drug-likeness (QED) is 0.0244. The summed E-state index contributed by atoms with van der Waals surface area (Å²) >= 11 is 0. The Balaban J connectivity index is 3.57. The number of aliphatic hydroxyl groups excluding tert-OH is 2. The molecule has 0 saturated heterocycles. The lowest BCUT2D eigenvalue weighted by Gasteiger charge is -2.20. The van der Waals surface area contributed by atoms with Gasteiger partial charge in [-0.05, 0) is 96.3 Å². The molecule has 2 atom stereocenters. The van der Waals surface area contributed by atoms with Crippen molar-refractivity contribution in [3.05, 3.63) is 60.8 Å². The van der Waals surface area contributed by atoms with E-state index in [0.29, 0.717) is 19.4 Å². The number of hydrogen-bond donors (Lipinski definition) is 3. The SMILES string of the molecule is CCCCCC/C=C\C/C=C\CCCCCCCC(=O)OCCCCC/C=C\C=C/CCCCCCCCC(=O)NC(CO)C(O)/C=C/CCCCCCCCCCCCCCCCCCC. The Morgan fingerprint density at radius 1 is 0.433 bits per heavy atom. The molecule has 0 fully saturated rings. The van der Waals surface area contributed by atoms with Crippen molar-refractivity contribution in [2.45, 2.75) is 302 Å². The largest absolute Gasteiger partial charge is 0.466 e. The van der Waals surface area contributed by atoms with Gasteiger partial charge in [-0.2, -0.15) is 0 Å². The molecular formula is C61H111NO5. The van der Waals surface area contributed by atoms with Crippen LogP contribution in [0.2, 0.25) is 0 Å². The number of aliphatic hydroxyl groups is 2. The van der Waals surface area contributed by atoms with Gasteiger partial charge in [0.1, 0.15) is 0 Å². The first-order valence-corrected chi connectivity index (χ1v) is 29.1. The number of amides is 1. The van der Waals surface area contributed by atoms with Crippen molar-refractivity contribution >= 4 is 11.9 Å². The molecular weight excluding hydrogens is 827 g/mol. The topological polar surface area (TPSA) is 95.9 Å². The van der Waals surface area contributed by atoms with Crippen LogP contribution in [0.25, 0.3) is 0 Å². The Labute approximate surface area is 416 Å². The Morgan fingerprint density at radius 2 is 0.791 bits per heavy atom. The summed E-state index contributed by atoms with van der Waals surface area (Å²) < 4.78 is 5.44. The van der Waals surface area contributed by atoms with Crippen LogP contribution in [0.4, 0.5) is 0 Å². The number of ether oxygens (including phenoxy) is 1. The lowest BCUT2D eigenvalue weighted by molar-refractivity contribution is -0.143. The van der Waals surface area contributed by atoms with Crippen LogP contribution in [0.3, 0.4) is 0 Å². The minimum absolute atomic E-state index is 0.0369. The Kier molecular flexibility index (Phi) is 54.1. The Morgan fingerprint density at radius 3 is 1.24 bits per heavy atom. The maximum Gasteiger partial charge on any atom is 0.305 e. The van der Waals surface area contributed by atoms with E-state index in [2.05, 4.69) is 67.8 Å². The highest BCUT2D eigenvalue weighted by molar-refractivity contribution is 5.76. The molecule has 3 N–H and O–H groups in total. The lowest BCUT2D eigenvalue weighted by atomic mass is 10.0. The third-order valence-electron chi connectivity index (χ3n) is 13.0. The van der Waals surface area contributed by atoms with Crippen LogP contribution in [-0.4, -0.2) is 47.4 Å². The van der Waals surface area contributed by atoms with Crippen LogP contribution < -0.4 is 5.32 Å². The van der Waals surface area contributed by atoms with E-state index in [4.69, 9.17) is 4.74 Å². The van der Waals surface area contributed by atoms with Crippen LogP contribution in [0, 0.1) is 0 Å². The molecule has 67 heavy (non-hydrogen) atoms. The van der Waals surface area contributed by atoms with Crippen molar-refractivity contribution in [1.29, 1.82) is 0 Å². The van der Waals surface area contributed by atoms with Crippen molar-refractivity contribution in [1.82, 2.24) is 5.32 Å². The first kappa shape index (κ1) is 64.6. The van der Waals surface area contributed by atoms with Gasteiger partial charge in [0.05, 0.1) is 25.4 Å². The zero-order chi connectivity index (χ0) is 48.6. The zero-order valence-corrected chi connectivity index (χ0v) is 44.4. The summed E-state index contributed by atoms with van der Waals surface area (Å²) in [6, 6.07) is -0.647. The molecule has 6 nitrogen and oxygen atoms in total. The predicted molar refractivity (Wildman–Crippen MR) is 292 cm³/mol. The molecule has 0 aliphatic heterocycles. The molecule has 0 aromatic carbocycles. The van der Waals surface area contributed by atoms with Crippen molar-refractivity contribution in [3.63, 3.8) is 0 Å². The fourth-order valence-corrected chi connectivity index (χ4v) is 8.54. The highest BCUT2D eigenvalue weighted by Gasteiger charge is 2.18. The summed E-state index contributed by atoms with van der Waals surface area (Å²) in [5.74, 6) is -0.128. The second kappa shape index (κ2) is 56.2. The molecule has 390 valence electrons. The lowest BCUT2D eigenvalue weighted by Crippen LogP contribution is -2.45. The average Bonchev–Trinajstić information content (AvgIpc) is 3.33. The van der Waals surface area contributed by atoms with E-state index in [-0.39, 0.29) is 18.5 Å². The Bertz CT molecular complexity index is 1170. The minimum Gasteiger partial charge on any atom is -0.466 e. The van der Waals surface area contributed by atoms with Crippen LogP contribution >= 0.6 is 0 Å². The molecule has 1 amide bonds. The maximum atomic E-state index is 12.5. The summed E-state index contributed by atoms with van der Waals surface area (Å²) in [5.41, 5.74) is 0. The molecule has 0 heterocycles. The van der Waals surface area contributed by atoms with Crippen LogP contribution in [0.15, 0.2) is 60.8 Å². The highest BCUT2D eigenvalue weighted by atomic mass is 16.5. The monoisotopic (exact) mass is 938 g/mol. The molecule has 0 radical (unpaired) electrons. The number of hydrogen-bond acceptors (Lipinski definition) is 5. The van der Waals surface area contributed by atoms with Crippen LogP contribution in [0.1, 0.15) is 290 Å². The number of nitrogens with one attached hydrogen (secondary N) is 1. The van der Waals surface area contributed by atoms with E-state index >= 15 is 0 Å². The molecule has 0 saturated carbocycles. The van der Waals surface area contributed by atoms with Gasteiger partial charge < -0.3 is 20.3 Å². The summed E-state index contributed by atoms with van der Waals surface area (Å²) in [6.45, 7) is 4.82. The number of carbonyl (C=O) groups excluding carboxylic acids is 2. The average molecular weight is 939 g/mol. The normalized spacial score (nSPS) is 13.1. The summed E-state index contributed by atoms with van der Waals surface area (Å²) in [6.07, 6.45) is 72.4. The predicted octanol–water partition coefficient (Wildman–Crippen LogP) is 18.0. The zero-order valence-electron chi connectivity index (χ0n) is 44.4. The first-order chi connectivity index (χ1) is 33.0. The second-order valence-corrected chi connectivity index (χ2v) is 19.6. The highest BCUT2D eigenvalue weighted by Crippen LogP contribution is 2.16. The molecule has 2 unspecified atom stereocenters. The molecule has 0 aliphatic carbocycles. The van der Waals surface area contributed by atoms with Gasteiger partial charge >= 0.3 is 5.97 Å². The van der Waals surface area contributed by atoms with Gasteiger partial charge in [0.25, 0.3) is 0 Å². The van der Waals surface area contributed by atoms with E-state index in [9.17, 15) is 19.8 Å². The smallest absolute Gasteiger partial charge is 0.305 e. The summed E-state index contributed by atoms with van der Waals surface area (Å²) in [4.78, 5) is 24.5. The van der Waals surface area contributed by atoms with Gasteiger partial charge in [-0.15, -0.1) is 0 Å². The summed E-state index contributed by atoms with van der Waals surface area (Å²) in [7, 11) is 0. The van der Waals surface area contributed by atoms with Gasteiger partial charge in [-0.25, -0.2) is 0 Å². The van der Waals surface area contributed by atoms with Gasteiger partial charge in [0.2, 0.25) is 5.91 Å². The number of carbonyl (C=O) groups is 2. The fourth-order valence-electron chi connectivity index (χ4n) is 8.54. The van der Waals surface area contributed by atoms with Crippen LogP contribution in [0.5, 0.6) is 0 Å². The standard InChI is InChI=1S/C61H111NO5/c1-3-5-7-9-11-13-15-17-19-21-22-23-25-29-33-37-41-45-49-53-59(64)58(57-63)62-60(65)54-50-46-42-38-34-30-26-24-28-32-36-40-44-48-52-56-67-61(66)55-51-47-43-39-35-31-27-20-18-16-14-12-10-8-6-4-2/h14,16,20,24,27-28,32,36,49,53,58-59,63-64H,3-13,15,17-19,21-23,25-26,29-31,33-35,37-48,50-52,54-57H2,1-2H3,(H,62,65)/b16-14-,27-20-,28-24-,36-32-,53-49+. The maximum absolute atomic E-state index is 12.5. The van der Waals surface area contributed by atoms with E-state index in [1.54, 1.807) is 6.08 Å². The number of unbranched alkanes of at least 4 members (excludes halogenated alkanes) is 35. The number of rotatable bonds is 53. The molecule has 6 heteroatoms. The second-order valence-electron chi connectivity index (χ2n) is 19.6. The third-order valence-corrected chi connectivity index (χ3v) is 13.0. The van der Waals surface area contributed by atoms with Crippen molar-refractivity contribution in [2.75, 3.05) is 13.2 Å². The minimum atomic E-state index is -0.861.